The molecular formula is C10H20O6. The van der Waals surface area contributed by atoms with Gasteiger partial charge in [-0.1, -0.05) is 6.92 Å². The predicted octanol–water partition coefficient (Wildman–Crippen LogP) is 1.14. The first kappa shape index (κ1) is 15.2. The molecular weight excluding hydrogens is 216 g/mol. The van der Waals surface area contributed by atoms with Gasteiger partial charge in [0.1, 0.15) is 6.10 Å². The molecule has 0 aliphatic heterocycles. The molecule has 0 bridgehead atoms. The fraction of sp³-hybridized carbons (Fsp3) is 0.900. The zero-order chi connectivity index (χ0) is 12.2. The van der Waals surface area contributed by atoms with E-state index in [1.807, 2.05) is 6.92 Å². The molecule has 1 unspecified atom stereocenters. The lowest BCUT2D eigenvalue weighted by molar-refractivity contribution is -0.0232. The van der Waals surface area contributed by atoms with Crippen LogP contribution in [0.15, 0.2) is 0 Å². The van der Waals surface area contributed by atoms with E-state index in [0.717, 1.165) is 0 Å². The molecule has 1 N–H and O–H groups in total. The number of ether oxygens (including phenoxy) is 4. The highest BCUT2D eigenvalue weighted by Crippen LogP contribution is 1.99. The number of carbonyl (C=O) groups is 1. The second kappa shape index (κ2) is 10.7. The Bertz CT molecular complexity index is 173. The molecule has 6 nitrogen and oxygen atoms in total. The van der Waals surface area contributed by atoms with Crippen LogP contribution < -0.4 is 0 Å². The van der Waals surface area contributed by atoms with Crippen LogP contribution in [0.1, 0.15) is 13.3 Å². The highest BCUT2D eigenvalue weighted by Gasteiger charge is 2.10. The molecule has 0 saturated heterocycles. The molecule has 1 atom stereocenters. The van der Waals surface area contributed by atoms with Crippen LogP contribution >= 0.6 is 0 Å². The lowest BCUT2D eigenvalue weighted by Gasteiger charge is -2.13. The van der Waals surface area contributed by atoms with Crippen molar-refractivity contribution in [3.05, 3.63) is 0 Å². The van der Waals surface area contributed by atoms with Gasteiger partial charge in [0.05, 0.1) is 33.0 Å². The fourth-order valence-corrected chi connectivity index (χ4v) is 0.955. The normalized spacial score (nSPS) is 12.4. The van der Waals surface area contributed by atoms with Crippen LogP contribution in [0.2, 0.25) is 0 Å². The number of methoxy groups -OCH3 is 1. The Morgan fingerprint density at radius 1 is 1.19 bits per heavy atom. The SMILES string of the molecule is CCC(COCCOCCOC)OC(=O)O. The van der Waals surface area contributed by atoms with Gasteiger partial charge in [0.2, 0.25) is 0 Å². The lowest BCUT2D eigenvalue weighted by atomic mass is 10.3. The monoisotopic (exact) mass is 236 g/mol. The van der Waals surface area contributed by atoms with Crippen molar-refractivity contribution < 1.29 is 28.8 Å². The lowest BCUT2D eigenvalue weighted by Crippen LogP contribution is -2.23. The topological polar surface area (TPSA) is 74.2 Å². The summed E-state index contributed by atoms with van der Waals surface area (Å²) in [6, 6.07) is 0. The number of hydrogen-bond donors (Lipinski definition) is 1. The van der Waals surface area contributed by atoms with Crippen molar-refractivity contribution in [1.29, 1.82) is 0 Å². The van der Waals surface area contributed by atoms with Crippen molar-refractivity contribution in [2.75, 3.05) is 40.1 Å². The molecule has 0 saturated carbocycles. The number of hydrogen-bond acceptors (Lipinski definition) is 5. The van der Waals surface area contributed by atoms with Crippen molar-refractivity contribution in [2.24, 2.45) is 0 Å². The molecule has 0 aromatic carbocycles. The van der Waals surface area contributed by atoms with E-state index in [1.54, 1.807) is 7.11 Å². The molecule has 96 valence electrons. The molecule has 0 aliphatic rings. The summed E-state index contributed by atoms with van der Waals surface area (Å²) in [5.41, 5.74) is 0. The fourth-order valence-electron chi connectivity index (χ4n) is 0.955. The van der Waals surface area contributed by atoms with Gasteiger partial charge in [0, 0.05) is 7.11 Å². The van der Waals surface area contributed by atoms with E-state index in [1.165, 1.54) is 0 Å². The maximum atomic E-state index is 10.3. The van der Waals surface area contributed by atoms with Crippen LogP contribution in [0.4, 0.5) is 4.79 Å². The van der Waals surface area contributed by atoms with Gasteiger partial charge in [-0.3, -0.25) is 0 Å². The van der Waals surface area contributed by atoms with Crippen LogP contribution in [-0.2, 0) is 18.9 Å². The van der Waals surface area contributed by atoms with Crippen LogP contribution in [0.5, 0.6) is 0 Å². The van der Waals surface area contributed by atoms with Crippen LogP contribution in [0.3, 0.4) is 0 Å². The molecule has 0 aliphatic carbocycles. The Morgan fingerprint density at radius 2 is 1.81 bits per heavy atom. The summed E-state index contributed by atoms with van der Waals surface area (Å²) in [5, 5.41) is 8.40. The van der Waals surface area contributed by atoms with Gasteiger partial charge in [-0.15, -0.1) is 0 Å². The molecule has 0 spiro atoms. The molecule has 0 radical (unpaired) electrons. The maximum Gasteiger partial charge on any atom is 0.506 e. The smallest absolute Gasteiger partial charge is 0.450 e. The van der Waals surface area contributed by atoms with Crippen LogP contribution in [0.25, 0.3) is 0 Å². The third kappa shape index (κ3) is 9.70. The van der Waals surface area contributed by atoms with E-state index in [4.69, 9.17) is 19.3 Å². The Balaban J connectivity index is 3.31. The minimum absolute atomic E-state index is 0.260. The summed E-state index contributed by atoms with van der Waals surface area (Å²) in [6.45, 7) is 4.07. The van der Waals surface area contributed by atoms with Gasteiger partial charge in [-0.25, -0.2) is 4.79 Å². The van der Waals surface area contributed by atoms with E-state index in [-0.39, 0.29) is 6.61 Å². The van der Waals surface area contributed by atoms with Gasteiger partial charge in [-0.2, -0.15) is 0 Å². The van der Waals surface area contributed by atoms with Crippen LogP contribution in [-0.4, -0.2) is 57.5 Å². The number of carboxylic acid groups (broad SMARTS) is 1. The second-order valence-corrected chi connectivity index (χ2v) is 3.09. The van der Waals surface area contributed by atoms with Gasteiger partial charge in [0.15, 0.2) is 0 Å². The molecule has 6 heteroatoms. The first-order valence-corrected chi connectivity index (χ1v) is 5.24. The van der Waals surface area contributed by atoms with Gasteiger partial charge in [-0.05, 0) is 6.42 Å². The molecule has 0 fully saturated rings. The summed E-state index contributed by atoms with van der Waals surface area (Å²) in [6.07, 6.45) is -1.08. The largest absolute Gasteiger partial charge is 0.506 e. The summed E-state index contributed by atoms with van der Waals surface area (Å²) < 4.78 is 19.7. The summed E-state index contributed by atoms with van der Waals surface area (Å²) in [4.78, 5) is 10.3. The third-order valence-electron chi connectivity index (χ3n) is 1.83. The van der Waals surface area contributed by atoms with Crippen molar-refractivity contribution in [3.63, 3.8) is 0 Å². The summed E-state index contributed by atoms with van der Waals surface area (Å²) >= 11 is 0. The van der Waals surface area contributed by atoms with E-state index >= 15 is 0 Å². The maximum absolute atomic E-state index is 10.3. The average Bonchev–Trinajstić information content (AvgIpc) is 2.25. The molecule has 16 heavy (non-hydrogen) atoms. The molecule has 0 aromatic rings. The van der Waals surface area contributed by atoms with E-state index in [0.29, 0.717) is 32.8 Å². The quantitative estimate of drug-likeness (QED) is 0.453. The first-order valence-electron chi connectivity index (χ1n) is 5.24. The summed E-state index contributed by atoms with van der Waals surface area (Å²) in [7, 11) is 1.61. The Hall–Kier alpha value is -0.850. The third-order valence-corrected chi connectivity index (χ3v) is 1.83. The highest BCUT2D eigenvalue weighted by atomic mass is 16.7. The zero-order valence-electron chi connectivity index (χ0n) is 9.81. The van der Waals surface area contributed by atoms with Crippen LogP contribution in [0, 0.1) is 0 Å². The zero-order valence-corrected chi connectivity index (χ0v) is 9.81. The molecule has 0 amide bonds. The summed E-state index contributed by atoms with van der Waals surface area (Å²) in [5.74, 6) is 0. The standard InChI is InChI=1S/C10H20O6/c1-3-9(16-10(11)12)8-15-7-6-14-5-4-13-2/h9H,3-8H2,1-2H3,(H,11,12). The van der Waals surface area contributed by atoms with E-state index in [9.17, 15) is 4.79 Å². The van der Waals surface area contributed by atoms with Gasteiger partial charge in [0.25, 0.3) is 0 Å². The van der Waals surface area contributed by atoms with Crippen molar-refractivity contribution in [3.8, 4) is 0 Å². The Morgan fingerprint density at radius 3 is 2.38 bits per heavy atom. The van der Waals surface area contributed by atoms with Gasteiger partial charge < -0.3 is 24.1 Å². The minimum atomic E-state index is -1.27. The van der Waals surface area contributed by atoms with Crippen molar-refractivity contribution in [2.45, 2.75) is 19.4 Å². The minimum Gasteiger partial charge on any atom is -0.450 e. The second-order valence-electron chi connectivity index (χ2n) is 3.09. The van der Waals surface area contributed by atoms with E-state index < -0.39 is 12.3 Å². The predicted molar refractivity (Wildman–Crippen MR) is 56.7 cm³/mol. The highest BCUT2D eigenvalue weighted by molar-refractivity contribution is 5.57. The van der Waals surface area contributed by atoms with Gasteiger partial charge >= 0.3 is 6.16 Å². The van der Waals surface area contributed by atoms with Crippen molar-refractivity contribution >= 4 is 6.16 Å². The average molecular weight is 236 g/mol. The van der Waals surface area contributed by atoms with Crippen molar-refractivity contribution in [1.82, 2.24) is 0 Å². The Labute approximate surface area is 95.4 Å². The first-order chi connectivity index (χ1) is 7.70. The molecule has 0 heterocycles. The number of rotatable bonds is 10. The van der Waals surface area contributed by atoms with E-state index in [2.05, 4.69) is 4.74 Å². The molecule has 0 aromatic heterocycles. The molecule has 0 rings (SSSR count). The Kier molecular flexibility index (Phi) is 10.1.